The topological polar surface area (TPSA) is 46.5 Å². The van der Waals surface area contributed by atoms with Crippen LogP contribution in [0.3, 0.4) is 0 Å². The molecular formula is C23H28O3. The van der Waals surface area contributed by atoms with Gasteiger partial charge in [0, 0.05) is 0 Å². The van der Waals surface area contributed by atoms with E-state index in [4.69, 9.17) is 4.74 Å². The second-order valence-corrected chi connectivity index (χ2v) is 7.86. The van der Waals surface area contributed by atoms with E-state index in [0.29, 0.717) is 23.5 Å². The highest BCUT2D eigenvalue weighted by molar-refractivity contribution is 5.92. The standard InChI is InChI=1S/C23H28O3/c1-15(2)19-11-9-16(3)13-21(19)26-22-14-18(10-12-20(22)23(24)25)17-7-5-4-6-8-17/h4-8,10,12,14-16,19,21H,9,11,13H2,1-3H3,(H,24,25)/t16-,19+,21-/m1/s1. The van der Waals surface area contributed by atoms with E-state index in [2.05, 4.69) is 20.8 Å². The second-order valence-electron chi connectivity index (χ2n) is 7.86. The number of ether oxygens (including phenoxy) is 1. The van der Waals surface area contributed by atoms with E-state index in [-0.39, 0.29) is 11.7 Å². The van der Waals surface area contributed by atoms with E-state index in [1.165, 1.54) is 6.42 Å². The van der Waals surface area contributed by atoms with Gasteiger partial charge in [-0.15, -0.1) is 0 Å². The summed E-state index contributed by atoms with van der Waals surface area (Å²) in [5.41, 5.74) is 2.28. The Balaban J connectivity index is 1.95. The molecule has 1 aliphatic carbocycles. The molecule has 3 nitrogen and oxygen atoms in total. The van der Waals surface area contributed by atoms with Gasteiger partial charge in [-0.3, -0.25) is 0 Å². The van der Waals surface area contributed by atoms with Gasteiger partial charge >= 0.3 is 5.97 Å². The Morgan fingerprint density at radius 1 is 1.08 bits per heavy atom. The molecule has 0 aliphatic heterocycles. The van der Waals surface area contributed by atoms with Crippen molar-refractivity contribution in [3.63, 3.8) is 0 Å². The molecule has 0 heterocycles. The fourth-order valence-corrected chi connectivity index (χ4v) is 4.02. The number of carbonyl (C=O) groups is 1. The Hall–Kier alpha value is -2.29. The zero-order valence-electron chi connectivity index (χ0n) is 15.8. The summed E-state index contributed by atoms with van der Waals surface area (Å²) in [7, 11) is 0. The van der Waals surface area contributed by atoms with Gasteiger partial charge < -0.3 is 9.84 Å². The van der Waals surface area contributed by atoms with Gasteiger partial charge in [0.1, 0.15) is 17.4 Å². The first kappa shape index (κ1) is 18.5. The number of carboxylic acid groups (broad SMARTS) is 1. The third-order valence-electron chi connectivity index (χ3n) is 5.56. The maximum Gasteiger partial charge on any atom is 0.339 e. The first-order chi connectivity index (χ1) is 12.5. The number of benzene rings is 2. The molecule has 3 atom stereocenters. The Labute approximate surface area is 156 Å². The Morgan fingerprint density at radius 3 is 2.46 bits per heavy atom. The predicted molar refractivity (Wildman–Crippen MR) is 105 cm³/mol. The number of hydrogen-bond donors (Lipinski definition) is 1. The van der Waals surface area contributed by atoms with E-state index in [1.54, 1.807) is 6.07 Å². The zero-order valence-corrected chi connectivity index (χ0v) is 15.8. The summed E-state index contributed by atoms with van der Waals surface area (Å²) < 4.78 is 6.37. The van der Waals surface area contributed by atoms with E-state index in [1.807, 2.05) is 42.5 Å². The molecule has 2 aromatic carbocycles. The van der Waals surface area contributed by atoms with Crippen molar-refractivity contribution in [1.29, 1.82) is 0 Å². The quantitative estimate of drug-likeness (QED) is 0.729. The van der Waals surface area contributed by atoms with Crippen LogP contribution in [0.25, 0.3) is 11.1 Å². The van der Waals surface area contributed by atoms with Gasteiger partial charge in [-0.2, -0.15) is 0 Å². The summed E-state index contributed by atoms with van der Waals surface area (Å²) in [6.07, 6.45) is 3.42. The molecule has 0 bridgehead atoms. The van der Waals surface area contributed by atoms with Crippen molar-refractivity contribution < 1.29 is 14.6 Å². The average molecular weight is 352 g/mol. The van der Waals surface area contributed by atoms with Gasteiger partial charge in [0.05, 0.1) is 0 Å². The van der Waals surface area contributed by atoms with Crippen molar-refractivity contribution in [2.24, 2.45) is 17.8 Å². The highest BCUT2D eigenvalue weighted by atomic mass is 16.5. The van der Waals surface area contributed by atoms with Gasteiger partial charge in [0.25, 0.3) is 0 Å². The molecule has 1 N–H and O–H groups in total. The highest BCUT2D eigenvalue weighted by Crippen LogP contribution is 2.37. The van der Waals surface area contributed by atoms with Crippen LogP contribution in [0.1, 0.15) is 50.4 Å². The number of rotatable bonds is 5. The molecule has 2 aromatic rings. The van der Waals surface area contributed by atoms with Crippen LogP contribution >= 0.6 is 0 Å². The minimum Gasteiger partial charge on any atom is -0.489 e. The van der Waals surface area contributed by atoms with Crippen molar-refractivity contribution in [1.82, 2.24) is 0 Å². The van der Waals surface area contributed by atoms with Crippen molar-refractivity contribution >= 4 is 5.97 Å². The number of hydrogen-bond acceptors (Lipinski definition) is 2. The molecular weight excluding hydrogens is 324 g/mol. The Morgan fingerprint density at radius 2 is 1.81 bits per heavy atom. The zero-order chi connectivity index (χ0) is 18.7. The summed E-state index contributed by atoms with van der Waals surface area (Å²) in [5.74, 6) is 1.15. The summed E-state index contributed by atoms with van der Waals surface area (Å²) in [6.45, 7) is 6.72. The molecule has 0 spiro atoms. The summed E-state index contributed by atoms with van der Waals surface area (Å²) in [4.78, 5) is 11.7. The average Bonchev–Trinajstić information content (AvgIpc) is 2.62. The van der Waals surface area contributed by atoms with E-state index in [9.17, 15) is 9.90 Å². The molecule has 0 aromatic heterocycles. The van der Waals surface area contributed by atoms with Gasteiger partial charge in [-0.25, -0.2) is 4.79 Å². The summed E-state index contributed by atoms with van der Waals surface area (Å²) in [5, 5.41) is 9.60. The van der Waals surface area contributed by atoms with Crippen molar-refractivity contribution in [3.8, 4) is 16.9 Å². The normalized spacial score (nSPS) is 23.0. The molecule has 138 valence electrons. The van der Waals surface area contributed by atoms with Crippen molar-refractivity contribution in [2.45, 2.75) is 46.1 Å². The van der Waals surface area contributed by atoms with Crippen molar-refractivity contribution in [3.05, 3.63) is 54.1 Å². The fourth-order valence-electron chi connectivity index (χ4n) is 4.02. The Kier molecular flexibility index (Phi) is 5.65. The Bertz CT molecular complexity index is 751. The molecule has 0 unspecified atom stereocenters. The van der Waals surface area contributed by atoms with E-state index >= 15 is 0 Å². The summed E-state index contributed by atoms with van der Waals surface area (Å²) >= 11 is 0. The lowest BCUT2D eigenvalue weighted by molar-refractivity contribution is 0.0437. The maximum absolute atomic E-state index is 11.7. The molecule has 1 saturated carbocycles. The lowest BCUT2D eigenvalue weighted by Gasteiger charge is -2.37. The van der Waals surface area contributed by atoms with E-state index in [0.717, 1.165) is 24.0 Å². The SMILES string of the molecule is CC(C)[C@@H]1CC[C@@H](C)C[C@H]1Oc1cc(-c2ccccc2)ccc1C(=O)O. The van der Waals surface area contributed by atoms with E-state index < -0.39 is 5.97 Å². The van der Waals surface area contributed by atoms with Crippen LogP contribution in [0.4, 0.5) is 0 Å². The third-order valence-corrected chi connectivity index (χ3v) is 5.56. The first-order valence-electron chi connectivity index (χ1n) is 9.55. The largest absolute Gasteiger partial charge is 0.489 e. The van der Waals surface area contributed by atoms with Crippen LogP contribution in [0, 0.1) is 17.8 Å². The lowest BCUT2D eigenvalue weighted by Crippen LogP contribution is -2.36. The molecule has 0 amide bonds. The number of aromatic carboxylic acids is 1. The minimum absolute atomic E-state index is 0.0721. The van der Waals surface area contributed by atoms with Gasteiger partial charge in [-0.05, 0) is 53.9 Å². The van der Waals surface area contributed by atoms with Crippen LogP contribution in [0.15, 0.2) is 48.5 Å². The van der Waals surface area contributed by atoms with Crippen molar-refractivity contribution in [2.75, 3.05) is 0 Å². The second kappa shape index (κ2) is 7.94. The molecule has 0 saturated heterocycles. The predicted octanol–water partition coefficient (Wildman–Crippen LogP) is 5.89. The molecule has 26 heavy (non-hydrogen) atoms. The van der Waals surface area contributed by atoms with Crippen LogP contribution in [0.2, 0.25) is 0 Å². The molecule has 3 rings (SSSR count). The van der Waals surface area contributed by atoms with Gasteiger partial charge in [-0.1, -0.05) is 63.6 Å². The summed E-state index contributed by atoms with van der Waals surface area (Å²) in [6, 6.07) is 15.4. The van der Waals surface area contributed by atoms with Crippen LogP contribution in [-0.2, 0) is 0 Å². The number of carboxylic acids is 1. The van der Waals surface area contributed by atoms with Gasteiger partial charge in [0.2, 0.25) is 0 Å². The molecule has 0 radical (unpaired) electrons. The maximum atomic E-state index is 11.7. The minimum atomic E-state index is -0.940. The van der Waals surface area contributed by atoms with Gasteiger partial charge in [0.15, 0.2) is 0 Å². The molecule has 1 aliphatic rings. The van der Waals surface area contributed by atoms with Crippen LogP contribution in [-0.4, -0.2) is 17.2 Å². The third kappa shape index (κ3) is 4.09. The lowest BCUT2D eigenvalue weighted by atomic mass is 9.75. The monoisotopic (exact) mass is 352 g/mol. The smallest absolute Gasteiger partial charge is 0.339 e. The molecule has 1 fully saturated rings. The first-order valence-corrected chi connectivity index (χ1v) is 9.55. The molecule has 3 heteroatoms. The highest BCUT2D eigenvalue weighted by Gasteiger charge is 2.33. The van der Waals surface area contributed by atoms with Crippen LogP contribution < -0.4 is 4.74 Å². The van der Waals surface area contributed by atoms with Crippen LogP contribution in [0.5, 0.6) is 5.75 Å². The fraction of sp³-hybridized carbons (Fsp3) is 0.435.